The van der Waals surface area contributed by atoms with Gasteiger partial charge in [-0.05, 0) is 12.1 Å². The van der Waals surface area contributed by atoms with E-state index in [4.69, 9.17) is 21.7 Å². The number of pyridine rings is 1. The molecular weight excluding hydrogens is 322 g/mol. The number of halogens is 1. The zero-order valence-electron chi connectivity index (χ0n) is 13.3. The molecule has 0 saturated heterocycles. The zero-order valence-corrected chi connectivity index (χ0v) is 15.1. The van der Waals surface area contributed by atoms with Crippen LogP contribution in [0.3, 0.4) is 0 Å². The quantitative estimate of drug-likeness (QED) is 0.189. The fourth-order valence-electron chi connectivity index (χ4n) is 1.57. The van der Waals surface area contributed by atoms with Crippen molar-refractivity contribution < 1.29 is 14.3 Å². The first-order chi connectivity index (χ1) is 10.2. The van der Waals surface area contributed by atoms with Gasteiger partial charge in [-0.2, -0.15) is 0 Å². The van der Waals surface area contributed by atoms with E-state index in [1.54, 1.807) is 0 Å². The van der Waals surface area contributed by atoms with Gasteiger partial charge < -0.3 is 14.8 Å². The molecule has 22 heavy (non-hydrogen) atoms. The summed E-state index contributed by atoms with van der Waals surface area (Å²) in [7, 11) is 0.108. The summed E-state index contributed by atoms with van der Waals surface area (Å²) in [6.07, 6.45) is 1.47. The summed E-state index contributed by atoms with van der Waals surface area (Å²) in [6.45, 7) is 7.79. The number of hydrogen-bond acceptors (Lipinski definition) is 6. The first-order valence-electron chi connectivity index (χ1n) is 6.89. The van der Waals surface area contributed by atoms with E-state index in [1.807, 2.05) is 0 Å². The van der Waals surface area contributed by atoms with Gasteiger partial charge in [0.15, 0.2) is 0 Å². The van der Waals surface area contributed by atoms with Crippen LogP contribution in [0, 0.1) is 5.41 Å². The molecule has 0 aliphatic carbocycles. The van der Waals surface area contributed by atoms with Crippen molar-refractivity contribution in [2.75, 3.05) is 25.8 Å². The van der Waals surface area contributed by atoms with Gasteiger partial charge in [0.25, 0.3) is 0 Å². The van der Waals surface area contributed by atoms with Crippen LogP contribution in [0.4, 0.5) is 5.69 Å². The SMILES string of the molecule is COC(=O)C(=N)c1cc(Cl)ncc1NCOCC[Si](C)(C)C. The zero-order chi connectivity index (χ0) is 16.8. The summed E-state index contributed by atoms with van der Waals surface area (Å²) >= 11 is 5.83. The molecule has 0 amide bonds. The molecule has 8 heteroatoms. The predicted octanol–water partition coefficient (Wildman–Crippen LogP) is 3.00. The van der Waals surface area contributed by atoms with Crippen molar-refractivity contribution in [3.8, 4) is 0 Å². The van der Waals surface area contributed by atoms with E-state index in [1.165, 1.54) is 19.4 Å². The molecule has 1 heterocycles. The molecule has 0 aromatic carbocycles. The van der Waals surface area contributed by atoms with E-state index in [0.29, 0.717) is 17.9 Å². The predicted molar refractivity (Wildman–Crippen MR) is 90.7 cm³/mol. The molecule has 0 unspecified atom stereocenters. The Kier molecular flexibility index (Phi) is 6.98. The first-order valence-corrected chi connectivity index (χ1v) is 11.0. The van der Waals surface area contributed by atoms with Gasteiger partial charge in [0.2, 0.25) is 0 Å². The highest BCUT2D eigenvalue weighted by Crippen LogP contribution is 2.19. The topological polar surface area (TPSA) is 84.3 Å². The Hall–Kier alpha value is -1.44. The number of ether oxygens (including phenoxy) is 2. The van der Waals surface area contributed by atoms with Gasteiger partial charge in [0.1, 0.15) is 17.6 Å². The minimum absolute atomic E-state index is 0.203. The maximum Gasteiger partial charge on any atom is 0.356 e. The Bertz CT molecular complexity index is 547. The molecule has 6 nitrogen and oxygen atoms in total. The smallest absolute Gasteiger partial charge is 0.356 e. The minimum atomic E-state index is -1.12. The van der Waals surface area contributed by atoms with Crippen LogP contribution in [0.1, 0.15) is 5.56 Å². The van der Waals surface area contributed by atoms with Crippen molar-refractivity contribution in [2.24, 2.45) is 0 Å². The van der Waals surface area contributed by atoms with Crippen molar-refractivity contribution in [3.05, 3.63) is 23.0 Å². The van der Waals surface area contributed by atoms with Crippen molar-refractivity contribution >= 4 is 37.0 Å². The number of aromatic nitrogens is 1. The Morgan fingerprint density at radius 3 is 2.73 bits per heavy atom. The second kappa shape index (κ2) is 8.26. The van der Waals surface area contributed by atoms with E-state index in [2.05, 4.69) is 34.7 Å². The van der Waals surface area contributed by atoms with Crippen LogP contribution < -0.4 is 5.32 Å². The summed E-state index contributed by atoms with van der Waals surface area (Å²) in [4.78, 5) is 15.4. The van der Waals surface area contributed by atoms with Gasteiger partial charge in [-0.25, -0.2) is 9.78 Å². The fraction of sp³-hybridized carbons (Fsp3) is 0.500. The normalized spacial score (nSPS) is 11.1. The summed E-state index contributed by atoms with van der Waals surface area (Å²) in [5.41, 5.74) is 0.560. The molecule has 1 rings (SSSR count). The molecule has 0 aliphatic heterocycles. The maximum atomic E-state index is 11.5. The molecule has 0 saturated carbocycles. The second-order valence-electron chi connectivity index (χ2n) is 5.96. The number of hydrogen-bond donors (Lipinski definition) is 2. The number of nitrogens with one attached hydrogen (secondary N) is 2. The van der Waals surface area contributed by atoms with Crippen LogP contribution in [0.15, 0.2) is 12.3 Å². The molecule has 0 spiro atoms. The average molecular weight is 344 g/mol. The highest BCUT2D eigenvalue weighted by atomic mass is 35.5. The standard InChI is InChI=1S/C14H22ClN3O3Si/c1-20-14(19)13(16)10-7-12(15)17-8-11(10)18-9-21-5-6-22(2,3)4/h7-8,16,18H,5-6,9H2,1-4H3. The van der Waals surface area contributed by atoms with Crippen molar-refractivity contribution in [3.63, 3.8) is 0 Å². The van der Waals surface area contributed by atoms with Crippen LogP contribution in [0.25, 0.3) is 0 Å². The Balaban J connectivity index is 2.67. The summed E-state index contributed by atoms with van der Waals surface area (Å²) in [6, 6.07) is 2.52. The Morgan fingerprint density at radius 1 is 1.45 bits per heavy atom. The van der Waals surface area contributed by atoms with Gasteiger partial charge >= 0.3 is 5.97 Å². The van der Waals surface area contributed by atoms with E-state index in [0.717, 1.165) is 6.04 Å². The molecule has 0 bridgehead atoms. The molecule has 0 atom stereocenters. The van der Waals surface area contributed by atoms with Gasteiger partial charge in [0, 0.05) is 20.2 Å². The summed E-state index contributed by atoms with van der Waals surface area (Å²) in [5, 5.41) is 11.0. The molecule has 122 valence electrons. The summed E-state index contributed by atoms with van der Waals surface area (Å²) in [5.74, 6) is -0.732. The molecule has 2 N–H and O–H groups in total. The minimum Gasteiger partial charge on any atom is -0.464 e. The van der Waals surface area contributed by atoms with Crippen LogP contribution in [-0.2, 0) is 14.3 Å². The lowest BCUT2D eigenvalue weighted by Gasteiger charge is -2.16. The lowest BCUT2D eigenvalue weighted by atomic mass is 10.1. The Morgan fingerprint density at radius 2 is 2.14 bits per heavy atom. The molecule has 1 aromatic heterocycles. The number of nitrogens with zero attached hydrogens (tertiary/aromatic N) is 1. The third-order valence-electron chi connectivity index (χ3n) is 2.89. The number of carbonyl (C=O) groups is 1. The van der Waals surface area contributed by atoms with Crippen molar-refractivity contribution in [1.82, 2.24) is 4.98 Å². The van der Waals surface area contributed by atoms with Gasteiger partial charge in [-0.1, -0.05) is 31.2 Å². The second-order valence-corrected chi connectivity index (χ2v) is 12.0. The first kappa shape index (κ1) is 18.6. The van der Waals surface area contributed by atoms with Crippen LogP contribution >= 0.6 is 11.6 Å². The number of methoxy groups -OCH3 is 1. The lowest BCUT2D eigenvalue weighted by molar-refractivity contribution is -0.132. The molecular formula is C14H22ClN3O3Si. The van der Waals surface area contributed by atoms with Crippen LogP contribution in [0.2, 0.25) is 30.8 Å². The van der Waals surface area contributed by atoms with Crippen molar-refractivity contribution in [2.45, 2.75) is 25.7 Å². The van der Waals surface area contributed by atoms with Gasteiger partial charge in [-0.15, -0.1) is 0 Å². The highest BCUT2D eigenvalue weighted by Gasteiger charge is 2.17. The van der Waals surface area contributed by atoms with E-state index >= 15 is 0 Å². The van der Waals surface area contributed by atoms with Gasteiger partial charge in [-0.3, -0.25) is 5.41 Å². The van der Waals surface area contributed by atoms with E-state index in [9.17, 15) is 4.79 Å². The lowest BCUT2D eigenvalue weighted by Crippen LogP contribution is -2.23. The number of rotatable bonds is 8. The van der Waals surface area contributed by atoms with Crippen molar-refractivity contribution in [1.29, 1.82) is 5.41 Å². The molecule has 0 aliphatic rings. The monoisotopic (exact) mass is 343 g/mol. The maximum absolute atomic E-state index is 11.5. The van der Waals surface area contributed by atoms with E-state index < -0.39 is 14.0 Å². The fourth-order valence-corrected chi connectivity index (χ4v) is 2.48. The Labute approximate surface area is 136 Å². The number of esters is 1. The van der Waals surface area contributed by atoms with E-state index in [-0.39, 0.29) is 17.6 Å². The summed E-state index contributed by atoms with van der Waals surface area (Å²) < 4.78 is 10.1. The average Bonchev–Trinajstić information content (AvgIpc) is 2.45. The number of anilines is 1. The van der Waals surface area contributed by atoms with Crippen LogP contribution in [-0.4, -0.2) is 45.2 Å². The third-order valence-corrected chi connectivity index (χ3v) is 4.80. The van der Waals surface area contributed by atoms with Gasteiger partial charge in [0.05, 0.1) is 19.0 Å². The molecule has 0 radical (unpaired) electrons. The highest BCUT2D eigenvalue weighted by molar-refractivity contribution is 6.76. The molecule has 1 aromatic rings. The number of carbonyl (C=O) groups excluding carboxylic acids is 1. The largest absolute Gasteiger partial charge is 0.464 e. The van der Waals surface area contributed by atoms with Crippen LogP contribution in [0.5, 0.6) is 0 Å². The molecule has 0 fully saturated rings. The third kappa shape index (κ3) is 6.13.